The van der Waals surface area contributed by atoms with Crippen LogP contribution in [0.25, 0.3) is 33.4 Å². The second-order valence-electron chi connectivity index (χ2n) is 13.2. The van der Waals surface area contributed by atoms with Crippen LogP contribution in [-0.2, 0) is 5.41 Å². The molecule has 0 atom stereocenters. The van der Waals surface area contributed by atoms with E-state index in [1.807, 2.05) is 6.07 Å². The molecule has 3 heteroatoms. The predicted octanol–water partition coefficient (Wildman–Crippen LogP) is 12.7. The molecular weight excluding hydrogens is 611 g/mol. The number of hydrogen-bond acceptors (Lipinski definition) is 3. The van der Waals surface area contributed by atoms with Crippen molar-refractivity contribution in [3.05, 3.63) is 192 Å². The van der Waals surface area contributed by atoms with Crippen molar-refractivity contribution in [2.75, 3.05) is 4.90 Å². The number of benzene rings is 7. The molecule has 238 valence electrons. The van der Waals surface area contributed by atoms with Gasteiger partial charge in [0.2, 0.25) is 0 Å². The SMILES string of the molecule is C/C=C(\C)N(c1ccccc1)c1ccccc1-c1cccc2c1Oc1cc3c(cc1O2)-c1ccccc1C31c2ccccc2-c2ccccc21. The zero-order valence-electron chi connectivity index (χ0n) is 27.9. The zero-order valence-corrected chi connectivity index (χ0v) is 27.9. The summed E-state index contributed by atoms with van der Waals surface area (Å²) in [7, 11) is 0. The Morgan fingerprint density at radius 3 is 1.68 bits per heavy atom. The number of fused-ring (bicyclic) bond motifs is 12. The smallest absolute Gasteiger partial charge is 0.178 e. The number of anilines is 2. The molecule has 50 heavy (non-hydrogen) atoms. The maximum absolute atomic E-state index is 7.03. The van der Waals surface area contributed by atoms with Crippen LogP contribution in [0.5, 0.6) is 23.0 Å². The largest absolute Gasteiger partial charge is 0.449 e. The Morgan fingerprint density at radius 2 is 1.02 bits per heavy atom. The van der Waals surface area contributed by atoms with Gasteiger partial charge in [-0.2, -0.15) is 0 Å². The Hall–Kier alpha value is -6.32. The maximum atomic E-state index is 7.03. The van der Waals surface area contributed by atoms with Gasteiger partial charge < -0.3 is 14.4 Å². The molecule has 1 spiro atoms. The lowest BCUT2D eigenvalue weighted by atomic mass is 9.70. The minimum atomic E-state index is -0.454. The van der Waals surface area contributed by atoms with E-state index in [-0.39, 0.29) is 0 Å². The van der Waals surface area contributed by atoms with Crippen molar-refractivity contribution >= 4 is 11.4 Å². The first kappa shape index (κ1) is 28.7. The molecule has 7 aromatic rings. The van der Waals surface area contributed by atoms with Gasteiger partial charge in [-0.3, -0.25) is 0 Å². The van der Waals surface area contributed by atoms with Crippen LogP contribution in [0.4, 0.5) is 11.4 Å². The van der Waals surface area contributed by atoms with Gasteiger partial charge >= 0.3 is 0 Å². The summed E-state index contributed by atoms with van der Waals surface area (Å²) in [4.78, 5) is 2.30. The molecule has 1 heterocycles. The number of nitrogens with zero attached hydrogens (tertiary/aromatic N) is 1. The fourth-order valence-electron chi connectivity index (χ4n) is 8.54. The second kappa shape index (κ2) is 10.8. The highest BCUT2D eigenvalue weighted by atomic mass is 16.6. The molecule has 0 saturated carbocycles. The van der Waals surface area contributed by atoms with Crippen molar-refractivity contribution in [1.29, 1.82) is 0 Å². The predicted molar refractivity (Wildman–Crippen MR) is 203 cm³/mol. The van der Waals surface area contributed by atoms with Crippen LogP contribution in [0, 0.1) is 0 Å². The average Bonchev–Trinajstić information content (AvgIpc) is 3.63. The van der Waals surface area contributed by atoms with Gasteiger partial charge in [0.25, 0.3) is 0 Å². The quantitative estimate of drug-likeness (QED) is 0.190. The lowest BCUT2D eigenvalue weighted by Gasteiger charge is -2.32. The van der Waals surface area contributed by atoms with Crippen LogP contribution in [-0.4, -0.2) is 0 Å². The number of allylic oxidation sites excluding steroid dienone is 2. The van der Waals surface area contributed by atoms with E-state index in [9.17, 15) is 0 Å². The summed E-state index contributed by atoms with van der Waals surface area (Å²) in [5.74, 6) is 2.87. The first-order valence-corrected chi connectivity index (χ1v) is 17.2. The third-order valence-electron chi connectivity index (χ3n) is 10.7. The van der Waals surface area contributed by atoms with Gasteiger partial charge in [-0.1, -0.05) is 127 Å². The first-order valence-electron chi connectivity index (χ1n) is 17.2. The molecule has 0 N–H and O–H groups in total. The van der Waals surface area contributed by atoms with Gasteiger partial charge in [-0.05, 0) is 94.8 Å². The molecule has 0 fully saturated rings. The van der Waals surface area contributed by atoms with Gasteiger partial charge in [0.1, 0.15) is 0 Å². The summed E-state index contributed by atoms with van der Waals surface area (Å²) in [6.07, 6.45) is 2.15. The normalized spacial score (nSPS) is 14.0. The topological polar surface area (TPSA) is 21.7 Å². The van der Waals surface area contributed by atoms with Gasteiger partial charge in [-0.25, -0.2) is 0 Å². The van der Waals surface area contributed by atoms with Crippen LogP contribution in [0.2, 0.25) is 0 Å². The molecule has 0 amide bonds. The summed E-state index contributed by atoms with van der Waals surface area (Å²) >= 11 is 0. The molecule has 0 bridgehead atoms. The molecule has 0 aromatic heterocycles. The van der Waals surface area contributed by atoms with E-state index >= 15 is 0 Å². The number of ether oxygens (including phenoxy) is 2. The Balaban J connectivity index is 1.16. The molecular formula is C47H33NO2. The molecule has 0 unspecified atom stereocenters. The minimum absolute atomic E-state index is 0.454. The lowest BCUT2D eigenvalue weighted by Crippen LogP contribution is -2.25. The number of rotatable bonds is 4. The highest BCUT2D eigenvalue weighted by Gasteiger charge is 2.52. The molecule has 1 aliphatic heterocycles. The summed E-state index contributed by atoms with van der Waals surface area (Å²) in [5, 5.41) is 0. The molecule has 3 aliphatic rings. The van der Waals surface area contributed by atoms with Gasteiger partial charge in [0.05, 0.1) is 11.1 Å². The first-order chi connectivity index (χ1) is 24.7. The standard InChI is InChI=1S/C47H33NO2/c1-3-30(2)48(31-16-5-4-6-17-31)42-26-14-10-21-35(42)36-22-15-27-43-46(36)50-45-29-41-37(28-44(45)49-43)34-20-9-13-25-40(34)47(41)38-23-11-7-18-32(38)33-19-8-12-24-39(33)47/h3-29H,1-2H3/b30-3+. The van der Waals surface area contributed by atoms with E-state index in [0.717, 1.165) is 45.4 Å². The Morgan fingerprint density at radius 1 is 0.480 bits per heavy atom. The summed E-state index contributed by atoms with van der Waals surface area (Å²) < 4.78 is 13.8. The number of hydrogen-bond donors (Lipinski definition) is 0. The van der Waals surface area contributed by atoms with E-state index in [0.29, 0.717) is 5.75 Å². The third-order valence-corrected chi connectivity index (χ3v) is 10.7. The average molecular weight is 644 g/mol. The summed E-state index contributed by atoms with van der Waals surface area (Å²) in [5.41, 5.74) is 15.0. The van der Waals surface area contributed by atoms with E-state index in [2.05, 4.69) is 176 Å². The monoisotopic (exact) mass is 643 g/mol. The Labute approximate surface area is 292 Å². The van der Waals surface area contributed by atoms with Crippen LogP contribution in [0.1, 0.15) is 36.1 Å². The van der Waals surface area contributed by atoms with Crippen LogP contribution in [0.15, 0.2) is 169 Å². The van der Waals surface area contributed by atoms with E-state index in [1.165, 1.54) is 44.5 Å². The second-order valence-corrected chi connectivity index (χ2v) is 13.2. The van der Waals surface area contributed by atoms with Gasteiger partial charge in [0, 0.05) is 22.5 Å². The molecule has 0 radical (unpaired) electrons. The van der Waals surface area contributed by atoms with Crippen LogP contribution in [0.3, 0.4) is 0 Å². The van der Waals surface area contributed by atoms with Crippen molar-refractivity contribution in [3.63, 3.8) is 0 Å². The number of para-hydroxylation sites is 3. The highest BCUT2D eigenvalue weighted by molar-refractivity contribution is 5.96. The van der Waals surface area contributed by atoms with E-state index in [4.69, 9.17) is 9.47 Å². The van der Waals surface area contributed by atoms with Crippen molar-refractivity contribution in [2.24, 2.45) is 0 Å². The van der Waals surface area contributed by atoms with Gasteiger partial charge in [0.15, 0.2) is 23.0 Å². The Kier molecular flexibility index (Phi) is 6.22. The zero-order chi connectivity index (χ0) is 33.4. The third kappa shape index (κ3) is 3.86. The van der Waals surface area contributed by atoms with Crippen molar-refractivity contribution < 1.29 is 9.47 Å². The maximum Gasteiger partial charge on any atom is 0.178 e. The fourth-order valence-corrected chi connectivity index (χ4v) is 8.54. The Bertz CT molecular complexity index is 2480. The highest BCUT2D eigenvalue weighted by Crippen LogP contribution is 2.65. The fraction of sp³-hybridized carbons (Fsp3) is 0.0638. The van der Waals surface area contributed by atoms with Crippen LogP contribution < -0.4 is 14.4 Å². The van der Waals surface area contributed by atoms with Crippen molar-refractivity contribution in [1.82, 2.24) is 0 Å². The lowest BCUT2D eigenvalue weighted by molar-refractivity contribution is 0.360. The molecule has 10 rings (SSSR count). The molecule has 2 aliphatic carbocycles. The van der Waals surface area contributed by atoms with Crippen molar-refractivity contribution in [2.45, 2.75) is 19.3 Å². The minimum Gasteiger partial charge on any atom is -0.449 e. The van der Waals surface area contributed by atoms with E-state index in [1.54, 1.807) is 0 Å². The summed E-state index contributed by atoms with van der Waals surface area (Å²) in [6, 6.07) is 56.2. The molecule has 3 nitrogen and oxygen atoms in total. The van der Waals surface area contributed by atoms with Crippen LogP contribution >= 0.6 is 0 Å². The van der Waals surface area contributed by atoms with Crippen molar-refractivity contribution in [3.8, 4) is 56.4 Å². The summed E-state index contributed by atoms with van der Waals surface area (Å²) in [6.45, 7) is 4.23. The molecule has 7 aromatic carbocycles. The molecule has 0 saturated heterocycles. The van der Waals surface area contributed by atoms with Gasteiger partial charge in [-0.15, -0.1) is 0 Å². The van der Waals surface area contributed by atoms with E-state index < -0.39 is 5.41 Å².